The first-order valence-electron chi connectivity index (χ1n) is 10.3. The third-order valence-corrected chi connectivity index (χ3v) is 4.89. The molecule has 0 bridgehead atoms. The molecule has 174 valence electrons. The molecule has 0 spiro atoms. The molecular weight excluding hydrogens is 435 g/mol. The Morgan fingerprint density at radius 3 is 2.25 bits per heavy atom. The third kappa shape index (κ3) is 9.42. The molecular formula is C22H29FN4O4S. The number of halogens is 1. The molecule has 1 aromatic heterocycles. The fourth-order valence-corrected chi connectivity index (χ4v) is 3.38. The first-order valence-corrected chi connectivity index (χ1v) is 11.1. The Labute approximate surface area is 191 Å². The molecule has 0 radical (unpaired) electrons. The molecule has 3 N–H and O–H groups in total. The highest BCUT2D eigenvalue weighted by Gasteiger charge is 2.18. The SMILES string of the molecule is Cc1cnc(NC(=O)CCCCCC(=O)Nc2cc(F)ccc2NC(=O)OC(C)(C)C)s1. The number of unbranched alkanes of at least 4 members (excludes halogenated alkanes) is 2. The molecule has 0 aliphatic heterocycles. The van der Waals surface area contributed by atoms with Crippen molar-refractivity contribution in [1.82, 2.24) is 4.98 Å². The molecule has 0 atom stereocenters. The highest BCUT2D eigenvalue weighted by molar-refractivity contribution is 7.15. The van der Waals surface area contributed by atoms with Crippen molar-refractivity contribution in [2.75, 3.05) is 16.0 Å². The largest absolute Gasteiger partial charge is 0.444 e. The van der Waals surface area contributed by atoms with Gasteiger partial charge in [-0.15, -0.1) is 11.3 Å². The molecule has 0 saturated carbocycles. The number of hydrogen-bond acceptors (Lipinski definition) is 6. The second kappa shape index (κ2) is 11.6. The number of nitrogens with zero attached hydrogens (tertiary/aromatic N) is 1. The van der Waals surface area contributed by atoms with Gasteiger partial charge in [0.25, 0.3) is 0 Å². The number of aryl methyl sites for hydroxylation is 1. The zero-order valence-corrected chi connectivity index (χ0v) is 19.5. The maximum Gasteiger partial charge on any atom is 0.412 e. The number of benzene rings is 1. The first kappa shape index (κ1) is 25.3. The summed E-state index contributed by atoms with van der Waals surface area (Å²) < 4.78 is 18.8. The van der Waals surface area contributed by atoms with Crippen LogP contribution in [0.5, 0.6) is 0 Å². The number of amides is 3. The van der Waals surface area contributed by atoms with Crippen molar-refractivity contribution in [2.24, 2.45) is 0 Å². The molecule has 3 amide bonds. The van der Waals surface area contributed by atoms with E-state index in [9.17, 15) is 18.8 Å². The molecule has 10 heteroatoms. The molecule has 0 aliphatic carbocycles. The lowest BCUT2D eigenvalue weighted by Gasteiger charge is -2.20. The van der Waals surface area contributed by atoms with Crippen molar-refractivity contribution in [2.45, 2.75) is 65.4 Å². The van der Waals surface area contributed by atoms with Gasteiger partial charge in [-0.05, 0) is 58.7 Å². The average Bonchev–Trinajstić information content (AvgIpc) is 3.06. The van der Waals surface area contributed by atoms with Gasteiger partial charge in [0, 0.05) is 23.9 Å². The van der Waals surface area contributed by atoms with E-state index in [0.29, 0.717) is 30.8 Å². The highest BCUT2D eigenvalue weighted by Crippen LogP contribution is 2.24. The van der Waals surface area contributed by atoms with E-state index in [4.69, 9.17) is 4.74 Å². The summed E-state index contributed by atoms with van der Waals surface area (Å²) in [6.07, 6.45) is 3.43. The number of thiazole rings is 1. The maximum absolute atomic E-state index is 13.7. The van der Waals surface area contributed by atoms with Crippen LogP contribution in [0.4, 0.5) is 25.7 Å². The summed E-state index contributed by atoms with van der Waals surface area (Å²) in [4.78, 5) is 41.3. The summed E-state index contributed by atoms with van der Waals surface area (Å²) in [5.74, 6) is -0.969. The van der Waals surface area contributed by atoms with E-state index in [0.717, 1.165) is 10.9 Å². The lowest BCUT2D eigenvalue weighted by molar-refractivity contribution is -0.116. The number of carbonyl (C=O) groups excluding carboxylic acids is 3. The molecule has 8 nitrogen and oxygen atoms in total. The Morgan fingerprint density at radius 2 is 1.66 bits per heavy atom. The monoisotopic (exact) mass is 464 g/mol. The van der Waals surface area contributed by atoms with Crippen LogP contribution in [0.25, 0.3) is 0 Å². The minimum absolute atomic E-state index is 0.110. The van der Waals surface area contributed by atoms with Crippen LogP contribution < -0.4 is 16.0 Å². The van der Waals surface area contributed by atoms with Crippen molar-refractivity contribution in [3.8, 4) is 0 Å². The van der Waals surface area contributed by atoms with Crippen molar-refractivity contribution in [1.29, 1.82) is 0 Å². The standard InChI is InChI=1S/C22H29FN4O4S/c1-14-13-24-20(32-14)27-19(29)9-7-5-6-8-18(28)25-17-12-15(23)10-11-16(17)26-21(30)31-22(2,3)4/h10-13H,5-9H2,1-4H3,(H,25,28)(H,26,30)(H,24,27,29). The predicted molar refractivity (Wildman–Crippen MR) is 123 cm³/mol. The van der Waals surface area contributed by atoms with Gasteiger partial charge >= 0.3 is 6.09 Å². The quantitative estimate of drug-likeness (QED) is 0.427. The van der Waals surface area contributed by atoms with E-state index in [2.05, 4.69) is 20.9 Å². The van der Waals surface area contributed by atoms with Crippen LogP contribution in [-0.4, -0.2) is 28.5 Å². The lowest BCUT2D eigenvalue weighted by Crippen LogP contribution is -2.27. The minimum Gasteiger partial charge on any atom is -0.444 e. The number of rotatable bonds is 9. The van der Waals surface area contributed by atoms with E-state index in [1.807, 2.05) is 6.92 Å². The second-order valence-corrected chi connectivity index (χ2v) is 9.48. The predicted octanol–water partition coefficient (Wildman–Crippen LogP) is 5.47. The number of hydrogen-bond donors (Lipinski definition) is 3. The van der Waals surface area contributed by atoms with Crippen LogP contribution in [0.3, 0.4) is 0 Å². The van der Waals surface area contributed by atoms with Crippen LogP contribution in [0.1, 0.15) is 57.8 Å². The van der Waals surface area contributed by atoms with E-state index in [1.54, 1.807) is 27.0 Å². The summed E-state index contributed by atoms with van der Waals surface area (Å²) >= 11 is 1.42. The molecule has 32 heavy (non-hydrogen) atoms. The molecule has 2 rings (SSSR count). The van der Waals surface area contributed by atoms with Crippen molar-refractivity contribution >= 4 is 45.8 Å². The summed E-state index contributed by atoms with van der Waals surface area (Å²) in [7, 11) is 0. The van der Waals surface area contributed by atoms with Gasteiger partial charge in [-0.2, -0.15) is 0 Å². The first-order chi connectivity index (χ1) is 15.0. The Hall–Kier alpha value is -3.01. The Kier molecular flexibility index (Phi) is 9.13. The van der Waals surface area contributed by atoms with Gasteiger partial charge in [0.2, 0.25) is 11.8 Å². The molecule has 0 unspecified atom stereocenters. The second-order valence-electron chi connectivity index (χ2n) is 8.25. The van der Waals surface area contributed by atoms with Gasteiger partial charge in [0.1, 0.15) is 11.4 Å². The molecule has 1 heterocycles. The van der Waals surface area contributed by atoms with Crippen molar-refractivity contribution in [3.63, 3.8) is 0 Å². The smallest absolute Gasteiger partial charge is 0.412 e. The van der Waals surface area contributed by atoms with Crippen LogP contribution in [0.15, 0.2) is 24.4 Å². The van der Waals surface area contributed by atoms with Gasteiger partial charge in [-0.3, -0.25) is 14.9 Å². The fourth-order valence-electron chi connectivity index (χ4n) is 2.70. The van der Waals surface area contributed by atoms with Gasteiger partial charge in [0.15, 0.2) is 5.13 Å². The number of aromatic nitrogens is 1. The van der Waals surface area contributed by atoms with Crippen LogP contribution in [-0.2, 0) is 14.3 Å². The van der Waals surface area contributed by atoms with Gasteiger partial charge in [0.05, 0.1) is 11.4 Å². The van der Waals surface area contributed by atoms with Crippen LogP contribution >= 0.6 is 11.3 Å². The van der Waals surface area contributed by atoms with Gasteiger partial charge in [-0.1, -0.05) is 6.42 Å². The van der Waals surface area contributed by atoms with E-state index >= 15 is 0 Å². The van der Waals surface area contributed by atoms with E-state index in [1.165, 1.54) is 23.5 Å². The topological polar surface area (TPSA) is 109 Å². The number of ether oxygens (including phenoxy) is 1. The Balaban J connectivity index is 1.75. The molecule has 1 aromatic carbocycles. The average molecular weight is 465 g/mol. The molecule has 0 aliphatic rings. The summed E-state index contributed by atoms with van der Waals surface area (Å²) in [6, 6.07) is 3.67. The highest BCUT2D eigenvalue weighted by atomic mass is 32.1. The third-order valence-electron chi connectivity index (χ3n) is 4.07. The zero-order chi connectivity index (χ0) is 23.7. The van der Waals surface area contributed by atoms with Gasteiger partial charge < -0.3 is 15.4 Å². The zero-order valence-electron chi connectivity index (χ0n) is 18.7. The number of nitrogens with one attached hydrogen (secondary N) is 3. The maximum atomic E-state index is 13.7. The summed E-state index contributed by atoms with van der Waals surface area (Å²) in [6.45, 7) is 7.09. The van der Waals surface area contributed by atoms with Crippen molar-refractivity contribution in [3.05, 3.63) is 35.1 Å². The molecule has 0 fully saturated rings. The Morgan fingerprint density at radius 1 is 1.00 bits per heavy atom. The minimum atomic E-state index is -0.703. The van der Waals surface area contributed by atoms with Gasteiger partial charge in [-0.25, -0.2) is 14.2 Å². The molecule has 2 aromatic rings. The lowest BCUT2D eigenvalue weighted by atomic mass is 10.1. The number of carbonyl (C=O) groups is 3. The van der Waals surface area contributed by atoms with Crippen LogP contribution in [0, 0.1) is 12.7 Å². The Bertz CT molecular complexity index is 956. The molecule has 0 saturated heterocycles. The van der Waals surface area contributed by atoms with E-state index < -0.39 is 17.5 Å². The van der Waals surface area contributed by atoms with Crippen molar-refractivity contribution < 1.29 is 23.5 Å². The fraction of sp³-hybridized carbons (Fsp3) is 0.455. The van der Waals surface area contributed by atoms with Crippen LogP contribution in [0.2, 0.25) is 0 Å². The summed E-state index contributed by atoms with van der Waals surface area (Å²) in [5.41, 5.74) is -0.300. The van der Waals surface area contributed by atoms with E-state index in [-0.39, 0.29) is 29.6 Å². The summed E-state index contributed by atoms with van der Waals surface area (Å²) in [5, 5.41) is 8.46. The number of anilines is 3. The normalized spacial score (nSPS) is 11.0.